The number of piperidine rings is 1. The first-order chi connectivity index (χ1) is 18.0. The maximum absolute atomic E-state index is 13.2. The number of benzene rings is 1. The van der Waals surface area contributed by atoms with Gasteiger partial charge in [-0.3, -0.25) is 24.8 Å². The van der Waals surface area contributed by atoms with Crippen molar-refractivity contribution in [2.45, 2.75) is 64.8 Å². The average Bonchev–Trinajstić information content (AvgIpc) is 3.37. The lowest BCUT2D eigenvalue weighted by Gasteiger charge is -2.34. The van der Waals surface area contributed by atoms with Crippen LogP contribution in [-0.2, 0) is 19.6 Å². The number of amides is 4. The lowest BCUT2D eigenvalue weighted by Crippen LogP contribution is -2.50. The second-order valence-electron chi connectivity index (χ2n) is 11.1. The lowest BCUT2D eigenvalue weighted by molar-refractivity contribution is -0.125. The Morgan fingerprint density at radius 2 is 1.63 bits per heavy atom. The zero-order valence-corrected chi connectivity index (χ0v) is 22.9. The SMILES string of the molecule is Cc1cc(N2CC(=O)NC2=O)cc(C)c1/C=C/S(=O)(=O)N1CCC2(CC1)N=C(C1CCC(C)CC1)NC2=O. The fraction of sp³-hybridized carbons (Fsp3) is 0.556. The first-order valence-electron chi connectivity index (χ1n) is 13.3. The number of carbonyl (C=O) groups is 3. The van der Waals surface area contributed by atoms with Gasteiger partial charge in [-0.25, -0.2) is 13.2 Å². The van der Waals surface area contributed by atoms with Gasteiger partial charge in [-0.05, 0) is 80.3 Å². The number of anilines is 1. The molecule has 0 bridgehead atoms. The van der Waals surface area contributed by atoms with Crippen molar-refractivity contribution in [1.82, 2.24) is 14.9 Å². The van der Waals surface area contributed by atoms with Gasteiger partial charge in [0.1, 0.15) is 17.9 Å². The fourth-order valence-electron chi connectivity index (χ4n) is 5.98. The predicted octanol–water partition coefficient (Wildman–Crippen LogP) is 2.85. The Morgan fingerprint density at radius 1 is 1.00 bits per heavy atom. The number of hydrogen-bond acceptors (Lipinski definition) is 6. The smallest absolute Gasteiger partial charge is 0.312 e. The topological polar surface area (TPSA) is 128 Å². The number of nitrogens with one attached hydrogen (secondary N) is 2. The summed E-state index contributed by atoms with van der Waals surface area (Å²) in [7, 11) is -3.71. The number of nitrogens with zero attached hydrogens (tertiary/aromatic N) is 3. The lowest BCUT2D eigenvalue weighted by atomic mass is 9.82. The largest absolute Gasteiger partial charge is 0.329 e. The number of rotatable bonds is 5. The molecule has 0 atom stereocenters. The zero-order valence-electron chi connectivity index (χ0n) is 22.1. The van der Waals surface area contributed by atoms with Crippen LogP contribution >= 0.6 is 0 Å². The Kier molecular flexibility index (Phi) is 6.93. The molecule has 1 spiro atoms. The highest BCUT2D eigenvalue weighted by atomic mass is 32.2. The highest BCUT2D eigenvalue weighted by Crippen LogP contribution is 2.36. The van der Waals surface area contributed by atoms with Crippen LogP contribution in [0.2, 0.25) is 0 Å². The number of amidine groups is 1. The molecule has 2 saturated heterocycles. The Hall–Kier alpha value is -3.05. The minimum Gasteiger partial charge on any atom is -0.312 e. The van der Waals surface area contributed by atoms with E-state index in [1.54, 1.807) is 18.2 Å². The van der Waals surface area contributed by atoms with Crippen molar-refractivity contribution in [3.63, 3.8) is 0 Å². The highest BCUT2D eigenvalue weighted by molar-refractivity contribution is 7.92. The molecule has 1 saturated carbocycles. The normalized spacial score (nSPS) is 26.2. The molecule has 5 rings (SSSR count). The molecule has 4 aliphatic rings. The molecule has 0 radical (unpaired) electrons. The zero-order chi connectivity index (χ0) is 27.2. The van der Waals surface area contributed by atoms with E-state index in [1.165, 1.54) is 14.6 Å². The van der Waals surface area contributed by atoms with Gasteiger partial charge in [0.25, 0.3) is 5.91 Å². The van der Waals surface area contributed by atoms with Gasteiger partial charge in [-0.1, -0.05) is 19.8 Å². The Bertz CT molecular complexity index is 1310. The van der Waals surface area contributed by atoms with E-state index in [-0.39, 0.29) is 37.4 Å². The minimum atomic E-state index is -3.71. The summed E-state index contributed by atoms with van der Waals surface area (Å²) in [6.07, 6.45) is 6.64. The molecule has 3 fully saturated rings. The van der Waals surface area contributed by atoms with Gasteiger partial charge in [0, 0.05) is 30.1 Å². The van der Waals surface area contributed by atoms with Crippen molar-refractivity contribution in [3.05, 3.63) is 34.2 Å². The van der Waals surface area contributed by atoms with Crippen LogP contribution in [0, 0.1) is 25.7 Å². The van der Waals surface area contributed by atoms with E-state index in [0.717, 1.165) is 48.2 Å². The van der Waals surface area contributed by atoms with Crippen molar-refractivity contribution < 1.29 is 22.8 Å². The Morgan fingerprint density at radius 3 is 2.21 bits per heavy atom. The molecule has 3 heterocycles. The first kappa shape index (κ1) is 26.6. The molecule has 10 nitrogen and oxygen atoms in total. The van der Waals surface area contributed by atoms with Gasteiger partial charge < -0.3 is 5.32 Å². The molecule has 204 valence electrons. The van der Waals surface area contributed by atoms with Crippen molar-refractivity contribution >= 4 is 45.5 Å². The fourth-order valence-corrected chi connectivity index (χ4v) is 7.15. The molecule has 1 aliphatic carbocycles. The van der Waals surface area contributed by atoms with E-state index in [1.807, 2.05) is 13.8 Å². The monoisotopic (exact) mass is 541 g/mol. The second kappa shape index (κ2) is 9.92. The van der Waals surface area contributed by atoms with Crippen LogP contribution in [0.1, 0.15) is 62.1 Å². The van der Waals surface area contributed by atoms with Gasteiger partial charge in [0.2, 0.25) is 15.9 Å². The molecule has 38 heavy (non-hydrogen) atoms. The van der Waals surface area contributed by atoms with Gasteiger partial charge in [0.05, 0.1) is 0 Å². The van der Waals surface area contributed by atoms with E-state index >= 15 is 0 Å². The summed E-state index contributed by atoms with van der Waals surface area (Å²) < 4.78 is 27.7. The number of imide groups is 1. The summed E-state index contributed by atoms with van der Waals surface area (Å²) >= 11 is 0. The quantitative estimate of drug-likeness (QED) is 0.554. The average molecular weight is 542 g/mol. The summed E-state index contributed by atoms with van der Waals surface area (Å²) in [5.74, 6) is 1.34. The maximum atomic E-state index is 13.2. The van der Waals surface area contributed by atoms with E-state index in [2.05, 4.69) is 17.6 Å². The van der Waals surface area contributed by atoms with Crippen LogP contribution in [0.15, 0.2) is 22.5 Å². The third-order valence-electron chi connectivity index (χ3n) is 8.40. The van der Waals surface area contributed by atoms with Crippen molar-refractivity contribution in [1.29, 1.82) is 0 Å². The molecule has 2 N–H and O–H groups in total. The summed E-state index contributed by atoms with van der Waals surface area (Å²) in [5.41, 5.74) is 2.04. The van der Waals surface area contributed by atoms with Crippen molar-refractivity contribution in [2.75, 3.05) is 24.5 Å². The van der Waals surface area contributed by atoms with E-state index in [0.29, 0.717) is 24.4 Å². The summed E-state index contributed by atoms with van der Waals surface area (Å²) in [6, 6.07) is 3.07. The van der Waals surface area contributed by atoms with Crippen LogP contribution in [0.25, 0.3) is 6.08 Å². The molecule has 0 aromatic heterocycles. The number of aliphatic imine (C=N–C) groups is 1. The molecular weight excluding hydrogens is 506 g/mol. The third-order valence-corrected chi connectivity index (χ3v) is 9.97. The van der Waals surface area contributed by atoms with E-state index in [4.69, 9.17) is 4.99 Å². The Balaban J connectivity index is 1.26. The maximum Gasteiger partial charge on any atom is 0.329 e. The molecule has 0 unspecified atom stereocenters. The molecule has 11 heteroatoms. The standard InChI is InChI=1S/C27H35N5O5S/c1-17-4-6-20(7-5-17)24-29-25(34)27(30-24)9-11-31(12-10-27)38(36,37)13-8-22-18(2)14-21(15-19(22)3)32-16-23(33)28-26(32)35/h8,13-15,17,20H,4-7,9-12,16H2,1-3H3,(H,28,33,35)(H,29,30,34)/b13-8+. The van der Waals surface area contributed by atoms with E-state index in [9.17, 15) is 22.8 Å². The third kappa shape index (κ3) is 5.01. The Labute approximate surface area is 223 Å². The highest BCUT2D eigenvalue weighted by Gasteiger charge is 2.48. The minimum absolute atomic E-state index is 0.0405. The van der Waals surface area contributed by atoms with E-state index < -0.39 is 21.6 Å². The number of urea groups is 1. The predicted molar refractivity (Wildman–Crippen MR) is 145 cm³/mol. The van der Waals surface area contributed by atoms with Crippen LogP contribution in [-0.4, -0.2) is 61.6 Å². The molecule has 1 aromatic carbocycles. The van der Waals surface area contributed by atoms with Gasteiger partial charge in [-0.15, -0.1) is 0 Å². The molecular formula is C27H35N5O5S. The number of sulfonamides is 1. The van der Waals surface area contributed by atoms with Crippen LogP contribution in [0.3, 0.4) is 0 Å². The number of carbonyl (C=O) groups excluding carboxylic acids is 3. The van der Waals surface area contributed by atoms with Crippen molar-refractivity contribution in [3.8, 4) is 0 Å². The second-order valence-corrected chi connectivity index (χ2v) is 12.9. The summed E-state index contributed by atoms with van der Waals surface area (Å²) in [5, 5.41) is 6.49. The number of aryl methyl sites for hydroxylation is 2. The van der Waals surface area contributed by atoms with Crippen LogP contribution < -0.4 is 15.5 Å². The van der Waals surface area contributed by atoms with Crippen molar-refractivity contribution in [2.24, 2.45) is 16.8 Å². The van der Waals surface area contributed by atoms with Gasteiger partial charge in [-0.2, -0.15) is 4.31 Å². The molecule has 3 aliphatic heterocycles. The summed E-state index contributed by atoms with van der Waals surface area (Å²) in [6.45, 7) is 6.35. The summed E-state index contributed by atoms with van der Waals surface area (Å²) in [4.78, 5) is 42.7. The number of hydrogen-bond donors (Lipinski definition) is 2. The van der Waals surface area contributed by atoms with Crippen LogP contribution in [0.5, 0.6) is 0 Å². The molecule has 1 aromatic rings. The first-order valence-corrected chi connectivity index (χ1v) is 14.8. The van der Waals surface area contributed by atoms with Gasteiger partial charge in [0.15, 0.2) is 0 Å². The van der Waals surface area contributed by atoms with Crippen LogP contribution in [0.4, 0.5) is 10.5 Å². The van der Waals surface area contributed by atoms with Gasteiger partial charge >= 0.3 is 6.03 Å². The molecule has 4 amide bonds.